The summed E-state index contributed by atoms with van der Waals surface area (Å²) >= 11 is 0. The van der Waals surface area contributed by atoms with Crippen molar-refractivity contribution < 1.29 is 14.3 Å². The van der Waals surface area contributed by atoms with Gasteiger partial charge in [0.05, 0.1) is 7.11 Å². The molecule has 0 bridgehead atoms. The lowest BCUT2D eigenvalue weighted by atomic mass is 10.0. The Morgan fingerprint density at radius 2 is 1.86 bits per heavy atom. The van der Waals surface area contributed by atoms with Crippen LogP contribution in [-0.2, 0) is 4.79 Å². The highest BCUT2D eigenvalue weighted by Crippen LogP contribution is 2.24. The number of amides is 2. The maximum atomic E-state index is 12.6. The Bertz CT molecular complexity index is 830. The first-order valence-electron chi connectivity index (χ1n) is 9.82. The highest BCUT2D eigenvalue weighted by atomic mass is 16.5. The number of carbonyl (C=O) groups is 2. The maximum absolute atomic E-state index is 12.6. The van der Waals surface area contributed by atoms with Crippen molar-refractivity contribution >= 4 is 11.8 Å². The van der Waals surface area contributed by atoms with E-state index in [4.69, 9.17) is 4.74 Å². The number of piperidine rings is 1. The molecule has 0 saturated carbocycles. The number of nitrogens with zero attached hydrogens (tertiary/aromatic N) is 1. The smallest absolute Gasteiger partial charge is 0.251 e. The molecule has 3 rings (SSSR count). The number of nitrogens with one attached hydrogen (secondary N) is 1. The van der Waals surface area contributed by atoms with E-state index in [0.29, 0.717) is 12.1 Å². The number of hydrogen-bond donors (Lipinski definition) is 1. The van der Waals surface area contributed by atoms with Crippen molar-refractivity contribution in [2.75, 3.05) is 20.2 Å². The molecule has 1 aliphatic rings. The van der Waals surface area contributed by atoms with Gasteiger partial charge in [0.1, 0.15) is 5.75 Å². The van der Waals surface area contributed by atoms with E-state index < -0.39 is 0 Å². The SMILES string of the molecule is COc1cccc(-c2ccc(C(=O)N[C@@H]3CCCN(C(=O)C(C)C)C3)cc2)c1. The summed E-state index contributed by atoms with van der Waals surface area (Å²) in [6, 6.07) is 15.4. The van der Waals surface area contributed by atoms with Crippen LogP contribution in [0.3, 0.4) is 0 Å². The molecule has 5 heteroatoms. The van der Waals surface area contributed by atoms with Crippen molar-refractivity contribution in [2.24, 2.45) is 5.92 Å². The molecular weight excluding hydrogens is 352 g/mol. The van der Waals surface area contributed by atoms with Gasteiger partial charge in [-0.15, -0.1) is 0 Å². The summed E-state index contributed by atoms with van der Waals surface area (Å²) in [4.78, 5) is 26.7. The molecule has 5 nitrogen and oxygen atoms in total. The molecule has 1 saturated heterocycles. The summed E-state index contributed by atoms with van der Waals surface area (Å²) in [5.74, 6) is 0.846. The van der Waals surface area contributed by atoms with Gasteiger partial charge in [0.15, 0.2) is 0 Å². The molecule has 1 aliphatic heterocycles. The van der Waals surface area contributed by atoms with E-state index in [-0.39, 0.29) is 23.8 Å². The van der Waals surface area contributed by atoms with Crippen molar-refractivity contribution in [1.29, 1.82) is 0 Å². The Balaban J connectivity index is 1.64. The number of ether oxygens (including phenoxy) is 1. The molecule has 1 atom stereocenters. The molecule has 0 spiro atoms. The maximum Gasteiger partial charge on any atom is 0.251 e. The number of carbonyl (C=O) groups excluding carboxylic acids is 2. The molecule has 0 unspecified atom stereocenters. The second-order valence-electron chi connectivity index (χ2n) is 7.56. The normalized spacial score (nSPS) is 16.7. The van der Waals surface area contributed by atoms with Crippen LogP contribution < -0.4 is 10.1 Å². The van der Waals surface area contributed by atoms with E-state index in [1.165, 1.54) is 0 Å². The van der Waals surface area contributed by atoms with Crippen LogP contribution in [0.15, 0.2) is 48.5 Å². The van der Waals surface area contributed by atoms with E-state index in [0.717, 1.165) is 36.3 Å². The zero-order valence-electron chi connectivity index (χ0n) is 16.8. The Labute approximate surface area is 166 Å². The van der Waals surface area contributed by atoms with Gasteiger partial charge in [-0.25, -0.2) is 0 Å². The summed E-state index contributed by atoms with van der Waals surface area (Å²) in [5.41, 5.74) is 2.70. The second-order valence-corrected chi connectivity index (χ2v) is 7.56. The summed E-state index contributed by atoms with van der Waals surface area (Å²) in [5, 5.41) is 3.08. The van der Waals surface area contributed by atoms with Crippen LogP contribution in [0.4, 0.5) is 0 Å². The molecule has 0 aliphatic carbocycles. The predicted octanol–water partition coefficient (Wildman–Crippen LogP) is 3.74. The van der Waals surface area contributed by atoms with Gasteiger partial charge in [0, 0.05) is 30.6 Å². The third-order valence-corrected chi connectivity index (χ3v) is 5.11. The number of rotatable bonds is 5. The van der Waals surface area contributed by atoms with Crippen LogP contribution in [0, 0.1) is 5.92 Å². The lowest BCUT2D eigenvalue weighted by Gasteiger charge is -2.34. The molecule has 2 aromatic rings. The largest absolute Gasteiger partial charge is 0.497 e. The first-order chi connectivity index (χ1) is 13.5. The predicted molar refractivity (Wildman–Crippen MR) is 110 cm³/mol. The van der Waals surface area contributed by atoms with Gasteiger partial charge < -0.3 is 15.0 Å². The van der Waals surface area contributed by atoms with E-state index in [1.54, 1.807) is 7.11 Å². The topological polar surface area (TPSA) is 58.6 Å². The fourth-order valence-corrected chi connectivity index (χ4v) is 3.55. The number of benzene rings is 2. The molecule has 2 amide bonds. The van der Waals surface area contributed by atoms with Crippen LogP contribution in [0.1, 0.15) is 37.0 Å². The molecular formula is C23H28N2O3. The first kappa shape index (κ1) is 19.9. The standard InChI is InChI=1S/C23H28N2O3/c1-16(2)23(27)25-13-5-7-20(15-25)24-22(26)18-11-9-17(10-12-18)19-6-4-8-21(14-19)28-3/h4,6,8-12,14,16,20H,5,7,13,15H2,1-3H3,(H,24,26)/t20-/m1/s1. The molecule has 28 heavy (non-hydrogen) atoms. The van der Waals surface area contributed by atoms with Crippen molar-refractivity contribution in [3.8, 4) is 16.9 Å². The third-order valence-electron chi connectivity index (χ3n) is 5.11. The summed E-state index contributed by atoms with van der Waals surface area (Å²) < 4.78 is 5.27. The monoisotopic (exact) mass is 380 g/mol. The number of methoxy groups -OCH3 is 1. The van der Waals surface area contributed by atoms with Crippen LogP contribution in [0.5, 0.6) is 5.75 Å². The van der Waals surface area contributed by atoms with Crippen LogP contribution in [-0.4, -0.2) is 43.0 Å². The number of likely N-dealkylation sites (tertiary alicyclic amines) is 1. The highest BCUT2D eigenvalue weighted by Gasteiger charge is 2.26. The van der Waals surface area contributed by atoms with E-state index in [9.17, 15) is 9.59 Å². The van der Waals surface area contributed by atoms with Gasteiger partial charge in [-0.05, 0) is 48.2 Å². The molecule has 1 N–H and O–H groups in total. The van der Waals surface area contributed by atoms with Crippen molar-refractivity contribution in [2.45, 2.75) is 32.7 Å². The van der Waals surface area contributed by atoms with Crippen LogP contribution in [0.25, 0.3) is 11.1 Å². The minimum absolute atomic E-state index is 0.00186. The van der Waals surface area contributed by atoms with Gasteiger partial charge in [-0.2, -0.15) is 0 Å². The Hall–Kier alpha value is -2.82. The summed E-state index contributed by atoms with van der Waals surface area (Å²) in [7, 11) is 1.65. The van der Waals surface area contributed by atoms with Gasteiger partial charge >= 0.3 is 0 Å². The van der Waals surface area contributed by atoms with Crippen LogP contribution >= 0.6 is 0 Å². The van der Waals surface area contributed by atoms with Crippen molar-refractivity contribution in [3.05, 3.63) is 54.1 Å². The van der Waals surface area contributed by atoms with Gasteiger partial charge in [0.25, 0.3) is 5.91 Å². The highest BCUT2D eigenvalue weighted by molar-refractivity contribution is 5.95. The van der Waals surface area contributed by atoms with Gasteiger partial charge in [-0.1, -0.05) is 38.1 Å². The zero-order valence-corrected chi connectivity index (χ0v) is 16.8. The average molecular weight is 380 g/mol. The Morgan fingerprint density at radius 1 is 1.11 bits per heavy atom. The van der Waals surface area contributed by atoms with E-state index >= 15 is 0 Å². The number of hydrogen-bond acceptors (Lipinski definition) is 3. The van der Waals surface area contributed by atoms with E-state index in [1.807, 2.05) is 67.3 Å². The molecule has 0 radical (unpaired) electrons. The lowest BCUT2D eigenvalue weighted by molar-refractivity contribution is -0.135. The third kappa shape index (κ3) is 4.71. The molecule has 1 heterocycles. The Morgan fingerprint density at radius 3 is 2.54 bits per heavy atom. The minimum Gasteiger partial charge on any atom is -0.497 e. The molecule has 148 valence electrons. The van der Waals surface area contributed by atoms with Crippen molar-refractivity contribution in [1.82, 2.24) is 10.2 Å². The fourth-order valence-electron chi connectivity index (χ4n) is 3.55. The van der Waals surface area contributed by atoms with E-state index in [2.05, 4.69) is 5.32 Å². The lowest BCUT2D eigenvalue weighted by Crippen LogP contribution is -2.50. The molecule has 0 aromatic heterocycles. The second kappa shape index (κ2) is 8.91. The molecule has 2 aromatic carbocycles. The Kier molecular flexibility index (Phi) is 6.34. The fraction of sp³-hybridized carbons (Fsp3) is 0.391. The van der Waals surface area contributed by atoms with Crippen LogP contribution in [0.2, 0.25) is 0 Å². The quantitative estimate of drug-likeness (QED) is 0.860. The van der Waals surface area contributed by atoms with Gasteiger partial charge in [0.2, 0.25) is 5.91 Å². The van der Waals surface area contributed by atoms with Gasteiger partial charge in [-0.3, -0.25) is 9.59 Å². The van der Waals surface area contributed by atoms with Crippen molar-refractivity contribution in [3.63, 3.8) is 0 Å². The minimum atomic E-state index is -0.0963. The molecule has 1 fully saturated rings. The summed E-state index contributed by atoms with van der Waals surface area (Å²) in [6.07, 6.45) is 1.81. The summed E-state index contributed by atoms with van der Waals surface area (Å²) in [6.45, 7) is 5.19. The first-order valence-corrected chi connectivity index (χ1v) is 9.82. The zero-order chi connectivity index (χ0) is 20.1. The average Bonchev–Trinajstić information content (AvgIpc) is 2.73.